The summed E-state index contributed by atoms with van der Waals surface area (Å²) in [4.78, 5) is -0.0401. The lowest BCUT2D eigenvalue weighted by molar-refractivity contribution is -0.136. The van der Waals surface area contributed by atoms with Crippen LogP contribution in [-0.2, 0) is 22.7 Å². The fourth-order valence-corrected chi connectivity index (χ4v) is 3.33. The molecule has 7 nitrogen and oxygen atoms in total. The van der Waals surface area contributed by atoms with E-state index in [-0.39, 0.29) is 17.3 Å². The second-order valence-corrected chi connectivity index (χ2v) is 7.00. The number of fused-ring (bicyclic) bond motifs is 1. The molecule has 0 saturated carbocycles. The highest BCUT2D eigenvalue weighted by Gasteiger charge is 2.34. The van der Waals surface area contributed by atoms with Gasteiger partial charge in [0.25, 0.3) is 0 Å². The van der Waals surface area contributed by atoms with E-state index in [9.17, 15) is 21.6 Å². The number of methoxy groups -OCH3 is 1. The predicted octanol–water partition coefficient (Wildman–Crippen LogP) is 2.24. The second kappa shape index (κ2) is 6.57. The largest absolute Gasteiger partial charge is 0.497 e. The van der Waals surface area contributed by atoms with Crippen LogP contribution in [0.25, 0.3) is 5.65 Å². The Morgan fingerprint density at radius 1 is 1.19 bits per heavy atom. The van der Waals surface area contributed by atoms with Crippen LogP contribution in [0.1, 0.15) is 11.4 Å². The molecule has 0 radical (unpaired) electrons. The molecule has 138 valence electrons. The molecular formula is C15H13F3N4O3S. The van der Waals surface area contributed by atoms with Gasteiger partial charge in [-0.05, 0) is 24.3 Å². The summed E-state index contributed by atoms with van der Waals surface area (Å²) in [5.41, 5.74) is -1.34. The zero-order chi connectivity index (χ0) is 18.9. The lowest BCUT2D eigenvalue weighted by Crippen LogP contribution is -2.24. The van der Waals surface area contributed by atoms with E-state index in [0.717, 1.165) is 10.5 Å². The minimum atomic E-state index is -4.59. The lowest BCUT2D eigenvalue weighted by atomic mass is 10.2. The standard InChI is InChI=1S/C15H13F3N4O3S/c1-25-10-4-2-5-11(8-10)26(23,24)19-9-13-20-21-14-12(15(16,17)18)6-3-7-22(13)14/h2-8,19H,9H2,1H3. The molecule has 0 spiro atoms. The number of benzene rings is 1. The smallest absolute Gasteiger partial charge is 0.420 e. The quantitative estimate of drug-likeness (QED) is 0.727. The normalized spacial score (nSPS) is 12.5. The molecule has 26 heavy (non-hydrogen) atoms. The molecular weight excluding hydrogens is 373 g/mol. The molecule has 1 aromatic carbocycles. The number of halogens is 3. The molecule has 0 saturated heterocycles. The highest BCUT2D eigenvalue weighted by atomic mass is 32.2. The minimum absolute atomic E-state index is 0.0255. The lowest BCUT2D eigenvalue weighted by Gasteiger charge is -2.09. The third-order valence-corrected chi connectivity index (χ3v) is 4.98. The van der Waals surface area contributed by atoms with Crippen LogP contribution in [0.2, 0.25) is 0 Å². The number of nitrogens with one attached hydrogen (secondary N) is 1. The van der Waals surface area contributed by atoms with Crippen molar-refractivity contribution in [1.29, 1.82) is 0 Å². The Bertz CT molecular complexity index is 1050. The van der Waals surface area contributed by atoms with Gasteiger partial charge in [0.05, 0.1) is 18.6 Å². The molecule has 2 aromatic heterocycles. The van der Waals surface area contributed by atoms with Gasteiger partial charge < -0.3 is 4.74 Å². The van der Waals surface area contributed by atoms with Crippen LogP contribution < -0.4 is 9.46 Å². The van der Waals surface area contributed by atoms with E-state index in [4.69, 9.17) is 4.74 Å². The van der Waals surface area contributed by atoms with Crippen molar-refractivity contribution in [2.75, 3.05) is 7.11 Å². The van der Waals surface area contributed by atoms with Crippen molar-refractivity contribution in [2.45, 2.75) is 17.6 Å². The zero-order valence-corrected chi connectivity index (χ0v) is 14.2. The summed E-state index contributed by atoms with van der Waals surface area (Å²) in [5.74, 6) is 0.383. The number of hydrogen-bond acceptors (Lipinski definition) is 5. The van der Waals surface area contributed by atoms with Gasteiger partial charge in [-0.3, -0.25) is 4.40 Å². The van der Waals surface area contributed by atoms with Gasteiger partial charge in [-0.25, -0.2) is 13.1 Å². The predicted molar refractivity (Wildman–Crippen MR) is 85.0 cm³/mol. The topological polar surface area (TPSA) is 85.6 Å². The van der Waals surface area contributed by atoms with Gasteiger partial charge in [-0.2, -0.15) is 13.2 Å². The van der Waals surface area contributed by atoms with E-state index >= 15 is 0 Å². The van der Waals surface area contributed by atoms with Crippen LogP contribution in [0.5, 0.6) is 5.75 Å². The highest BCUT2D eigenvalue weighted by molar-refractivity contribution is 7.89. The first-order chi connectivity index (χ1) is 12.2. The number of sulfonamides is 1. The fourth-order valence-electron chi connectivity index (χ4n) is 2.32. The monoisotopic (exact) mass is 386 g/mol. The van der Waals surface area contributed by atoms with Crippen LogP contribution >= 0.6 is 0 Å². The second-order valence-electron chi connectivity index (χ2n) is 5.23. The first-order valence-electron chi connectivity index (χ1n) is 7.26. The molecule has 0 unspecified atom stereocenters. The molecule has 0 aliphatic heterocycles. The van der Waals surface area contributed by atoms with Crippen molar-refractivity contribution in [1.82, 2.24) is 19.3 Å². The molecule has 2 heterocycles. The molecule has 0 aliphatic carbocycles. The van der Waals surface area contributed by atoms with Gasteiger partial charge >= 0.3 is 6.18 Å². The first kappa shape index (κ1) is 18.1. The van der Waals surface area contributed by atoms with E-state index in [1.165, 1.54) is 37.6 Å². The third-order valence-electron chi connectivity index (χ3n) is 3.58. The van der Waals surface area contributed by atoms with Crippen molar-refractivity contribution in [3.63, 3.8) is 0 Å². The molecule has 0 fully saturated rings. The van der Waals surface area contributed by atoms with Gasteiger partial charge in [-0.15, -0.1) is 10.2 Å². The number of pyridine rings is 1. The summed E-state index contributed by atoms with van der Waals surface area (Å²) in [6.07, 6.45) is -3.26. The van der Waals surface area contributed by atoms with E-state index < -0.39 is 27.4 Å². The molecule has 3 aromatic rings. The number of rotatable bonds is 5. The molecule has 0 amide bonds. The van der Waals surface area contributed by atoms with E-state index in [1.54, 1.807) is 6.07 Å². The van der Waals surface area contributed by atoms with Crippen molar-refractivity contribution >= 4 is 15.7 Å². The van der Waals surface area contributed by atoms with E-state index in [2.05, 4.69) is 14.9 Å². The number of aromatic nitrogens is 3. The maximum Gasteiger partial charge on any atom is 0.420 e. The van der Waals surface area contributed by atoms with Crippen LogP contribution in [-0.4, -0.2) is 30.1 Å². The maximum atomic E-state index is 13.0. The highest BCUT2D eigenvalue weighted by Crippen LogP contribution is 2.31. The van der Waals surface area contributed by atoms with Crippen molar-refractivity contribution in [3.05, 3.63) is 54.0 Å². The van der Waals surface area contributed by atoms with Crippen LogP contribution in [0.15, 0.2) is 47.5 Å². The van der Waals surface area contributed by atoms with Crippen molar-refractivity contribution in [3.8, 4) is 5.75 Å². The van der Waals surface area contributed by atoms with Gasteiger partial charge in [0.2, 0.25) is 10.0 Å². The van der Waals surface area contributed by atoms with Crippen LogP contribution in [0.4, 0.5) is 13.2 Å². The van der Waals surface area contributed by atoms with Gasteiger partial charge in [0.15, 0.2) is 11.5 Å². The zero-order valence-electron chi connectivity index (χ0n) is 13.4. The Balaban J connectivity index is 1.88. The van der Waals surface area contributed by atoms with Crippen LogP contribution in [0.3, 0.4) is 0 Å². The summed E-state index contributed by atoms with van der Waals surface area (Å²) in [6, 6.07) is 7.87. The third kappa shape index (κ3) is 3.48. The Morgan fingerprint density at radius 3 is 2.65 bits per heavy atom. The van der Waals surface area contributed by atoms with Gasteiger partial charge in [0, 0.05) is 12.3 Å². The van der Waals surface area contributed by atoms with E-state index in [0.29, 0.717) is 5.75 Å². The first-order valence-corrected chi connectivity index (χ1v) is 8.74. The average Bonchev–Trinajstić information content (AvgIpc) is 3.02. The maximum absolute atomic E-state index is 13.0. The molecule has 0 atom stereocenters. The molecule has 1 N–H and O–H groups in total. The Morgan fingerprint density at radius 2 is 1.96 bits per heavy atom. The van der Waals surface area contributed by atoms with Gasteiger partial charge in [-0.1, -0.05) is 6.07 Å². The minimum Gasteiger partial charge on any atom is -0.497 e. The molecule has 3 rings (SSSR count). The summed E-state index contributed by atoms with van der Waals surface area (Å²) < 4.78 is 72.0. The number of alkyl halides is 3. The molecule has 0 bridgehead atoms. The van der Waals surface area contributed by atoms with Crippen molar-refractivity contribution in [2.24, 2.45) is 0 Å². The Labute approximate surface area is 146 Å². The number of ether oxygens (including phenoxy) is 1. The fraction of sp³-hybridized carbons (Fsp3) is 0.200. The number of nitrogens with zero attached hydrogens (tertiary/aromatic N) is 3. The summed E-state index contributed by atoms with van der Waals surface area (Å²) in [7, 11) is -2.51. The Kier molecular flexibility index (Phi) is 4.59. The summed E-state index contributed by atoms with van der Waals surface area (Å²) in [6.45, 7) is -0.331. The van der Waals surface area contributed by atoms with Gasteiger partial charge in [0.1, 0.15) is 11.3 Å². The van der Waals surface area contributed by atoms with E-state index in [1.807, 2.05) is 0 Å². The van der Waals surface area contributed by atoms with Crippen molar-refractivity contribution < 1.29 is 26.3 Å². The summed E-state index contributed by atoms with van der Waals surface area (Å²) >= 11 is 0. The molecule has 11 heteroatoms. The van der Waals surface area contributed by atoms with Crippen LogP contribution in [0, 0.1) is 0 Å². The summed E-state index contributed by atoms with van der Waals surface area (Å²) in [5, 5.41) is 7.19. The average molecular weight is 386 g/mol. The number of hydrogen-bond donors (Lipinski definition) is 1. The Hall–Kier alpha value is -2.66. The SMILES string of the molecule is COc1cccc(S(=O)(=O)NCc2nnc3c(C(F)(F)F)cccn23)c1. The molecule has 0 aliphatic rings.